The molecule has 3 N–H and O–H groups in total. The van der Waals surface area contributed by atoms with Gasteiger partial charge in [-0.25, -0.2) is 13.9 Å². The lowest BCUT2D eigenvalue weighted by Gasteiger charge is -2.24. The molecule has 35 heavy (non-hydrogen) atoms. The number of aliphatic hydroxyl groups is 1. The number of likely N-dealkylation sites (tertiary alicyclic amines) is 1. The highest BCUT2D eigenvalue weighted by Crippen LogP contribution is 2.63. The van der Waals surface area contributed by atoms with E-state index in [0.717, 1.165) is 18.5 Å². The van der Waals surface area contributed by atoms with E-state index in [9.17, 15) is 24.0 Å². The predicted molar refractivity (Wildman–Crippen MR) is 140 cm³/mol. The minimum atomic E-state index is -1.85. The number of anilines is 1. The average molecular weight is 612 g/mol. The first-order valence-electron chi connectivity index (χ1n) is 11.4. The number of nitrogens with one attached hydrogen (secondary N) is 1. The van der Waals surface area contributed by atoms with Crippen molar-refractivity contribution in [2.75, 3.05) is 31.0 Å². The monoisotopic (exact) mass is 612 g/mol. The summed E-state index contributed by atoms with van der Waals surface area (Å²) in [6.45, 7) is 4.13. The van der Waals surface area contributed by atoms with Crippen molar-refractivity contribution >= 4 is 51.7 Å². The van der Waals surface area contributed by atoms with Gasteiger partial charge in [-0.05, 0) is 49.6 Å². The summed E-state index contributed by atoms with van der Waals surface area (Å²) >= 11 is 0.521. The smallest absolute Gasteiger partial charge is 0.341 e. The SMILES string of the molecule is CC1(O)CCN(C/C=C\c2cc(F)ccc2[S+]([O-])Nc2ccc3c(c2C(=O)O)OC[C@]2(I)C[C@H]32)C1. The Labute approximate surface area is 219 Å². The van der Waals surface area contributed by atoms with Crippen molar-refractivity contribution in [1.82, 2.24) is 4.90 Å². The van der Waals surface area contributed by atoms with Crippen LogP contribution in [0.1, 0.15) is 47.2 Å². The van der Waals surface area contributed by atoms with Gasteiger partial charge in [0.2, 0.25) is 0 Å². The highest BCUT2D eigenvalue weighted by Gasteiger charge is 2.57. The van der Waals surface area contributed by atoms with Crippen molar-refractivity contribution < 1.29 is 28.7 Å². The van der Waals surface area contributed by atoms with Crippen LogP contribution in [0.5, 0.6) is 5.75 Å². The van der Waals surface area contributed by atoms with Crippen LogP contribution in [0.3, 0.4) is 0 Å². The van der Waals surface area contributed by atoms with Crippen LogP contribution in [-0.4, -0.2) is 60.9 Å². The molecule has 1 saturated carbocycles. The first kappa shape index (κ1) is 24.8. The maximum absolute atomic E-state index is 14.0. The second kappa shape index (κ2) is 9.22. The number of carbonyl (C=O) groups is 1. The van der Waals surface area contributed by atoms with Crippen molar-refractivity contribution in [3.63, 3.8) is 0 Å². The van der Waals surface area contributed by atoms with E-state index < -0.39 is 28.7 Å². The molecule has 2 heterocycles. The van der Waals surface area contributed by atoms with Crippen LogP contribution in [0.2, 0.25) is 0 Å². The largest absolute Gasteiger partial charge is 0.588 e. The fourth-order valence-electron chi connectivity index (χ4n) is 4.84. The lowest BCUT2D eigenvalue weighted by molar-refractivity contribution is 0.0688. The van der Waals surface area contributed by atoms with Gasteiger partial charge in [0.15, 0.2) is 4.90 Å². The van der Waals surface area contributed by atoms with Gasteiger partial charge < -0.3 is 19.5 Å². The van der Waals surface area contributed by atoms with Crippen molar-refractivity contribution in [2.24, 2.45) is 0 Å². The Balaban J connectivity index is 1.37. The molecule has 10 heteroatoms. The van der Waals surface area contributed by atoms with E-state index in [1.165, 1.54) is 18.2 Å². The molecule has 7 nitrogen and oxygen atoms in total. The number of halogens is 2. The number of benzene rings is 2. The summed E-state index contributed by atoms with van der Waals surface area (Å²) in [5.74, 6) is -1.04. The van der Waals surface area contributed by atoms with Crippen LogP contribution in [-0.2, 0) is 11.4 Å². The minimum Gasteiger partial charge on any atom is -0.588 e. The quantitative estimate of drug-likeness (QED) is 0.245. The van der Waals surface area contributed by atoms with Crippen molar-refractivity contribution in [3.8, 4) is 5.75 Å². The van der Waals surface area contributed by atoms with Gasteiger partial charge in [0.05, 0.1) is 9.02 Å². The summed E-state index contributed by atoms with van der Waals surface area (Å²) in [4.78, 5) is 14.5. The van der Waals surface area contributed by atoms with Crippen molar-refractivity contribution in [3.05, 3.63) is 58.9 Å². The Morgan fingerprint density at radius 3 is 2.94 bits per heavy atom. The van der Waals surface area contributed by atoms with E-state index in [2.05, 4.69) is 32.2 Å². The van der Waals surface area contributed by atoms with Gasteiger partial charge in [-0.15, -0.1) is 0 Å². The number of aromatic carboxylic acids is 1. The van der Waals surface area contributed by atoms with Crippen LogP contribution in [0.15, 0.2) is 41.3 Å². The standard InChI is InChI=1S/C25H26FIN2O5S/c1-24(32)8-10-29(13-24)9-2-3-15-11-16(26)4-7-20(15)35(33)28-19-6-5-17-18-12-25(18,27)14-34-22(17)21(19)23(30)31/h2-7,11,18,28,32H,8-10,12-14H2,1H3,(H,30,31)/b3-2-/t18-,24?,25-,35?/m1/s1. The molecule has 5 rings (SSSR count). The number of β-amino-alcohol motifs (C(OH)–C–C–N with tert-alkyl or cyclic N) is 1. The molecule has 1 aliphatic carbocycles. The molecule has 2 fully saturated rings. The van der Waals surface area contributed by atoms with Gasteiger partial charge in [0, 0.05) is 31.1 Å². The molecule has 2 aromatic rings. The third-order valence-electron chi connectivity index (χ3n) is 6.81. The maximum atomic E-state index is 14.0. The van der Waals surface area contributed by atoms with Crippen LogP contribution < -0.4 is 9.46 Å². The molecule has 1 saturated heterocycles. The summed E-state index contributed by atoms with van der Waals surface area (Å²) in [6, 6.07) is 7.42. The molecular formula is C25H26FIN2O5S. The van der Waals surface area contributed by atoms with E-state index in [1.54, 1.807) is 19.1 Å². The summed E-state index contributed by atoms with van der Waals surface area (Å²) in [5, 5.41) is 20.0. The number of carboxylic acid groups (broad SMARTS) is 1. The van der Waals surface area contributed by atoms with E-state index in [0.29, 0.717) is 42.3 Å². The summed E-state index contributed by atoms with van der Waals surface area (Å²) < 4.78 is 36.0. The average Bonchev–Trinajstić information content (AvgIpc) is 3.37. The van der Waals surface area contributed by atoms with Gasteiger partial charge in [0.25, 0.3) is 0 Å². The zero-order valence-corrected chi connectivity index (χ0v) is 22.1. The molecule has 2 aromatic carbocycles. The molecule has 2 aliphatic heterocycles. The lowest BCUT2D eigenvalue weighted by Crippen LogP contribution is -2.29. The van der Waals surface area contributed by atoms with E-state index in [1.807, 2.05) is 12.1 Å². The maximum Gasteiger partial charge on any atom is 0.341 e. The van der Waals surface area contributed by atoms with E-state index >= 15 is 0 Å². The van der Waals surface area contributed by atoms with E-state index in [4.69, 9.17) is 4.74 Å². The zero-order valence-electron chi connectivity index (χ0n) is 19.1. The number of fused-ring (bicyclic) bond motifs is 3. The fraction of sp³-hybridized carbons (Fsp3) is 0.400. The highest BCUT2D eigenvalue weighted by molar-refractivity contribution is 14.1. The van der Waals surface area contributed by atoms with Gasteiger partial charge in [-0.2, -0.15) is 0 Å². The lowest BCUT2D eigenvalue weighted by atomic mass is 10.0. The Morgan fingerprint density at radius 1 is 1.43 bits per heavy atom. The van der Waals surface area contributed by atoms with Gasteiger partial charge in [-0.3, -0.25) is 4.90 Å². The first-order chi connectivity index (χ1) is 16.6. The fourth-order valence-corrected chi connectivity index (χ4v) is 6.79. The first-order valence-corrected chi connectivity index (χ1v) is 13.6. The van der Waals surface area contributed by atoms with E-state index in [-0.39, 0.29) is 20.6 Å². The highest BCUT2D eigenvalue weighted by atomic mass is 127. The minimum absolute atomic E-state index is 0.0263. The number of rotatable bonds is 7. The molecule has 0 radical (unpaired) electrons. The van der Waals surface area contributed by atoms with Crippen LogP contribution in [0, 0.1) is 5.82 Å². The number of hydrogen-bond acceptors (Lipinski definition) is 6. The summed E-state index contributed by atoms with van der Waals surface area (Å²) in [7, 11) is 0. The number of carboxylic acids is 1. The molecule has 3 aliphatic rings. The molecular weight excluding hydrogens is 586 g/mol. The predicted octanol–water partition coefficient (Wildman–Crippen LogP) is 4.18. The van der Waals surface area contributed by atoms with Gasteiger partial charge in [-0.1, -0.05) is 40.8 Å². The number of alkyl halides is 1. The summed E-state index contributed by atoms with van der Waals surface area (Å²) in [5.41, 5.74) is 0.740. The number of ether oxygens (including phenoxy) is 1. The third-order valence-corrected chi connectivity index (χ3v) is 9.49. The second-order valence-corrected chi connectivity index (χ2v) is 13.1. The molecule has 0 bridgehead atoms. The second-order valence-electron chi connectivity index (χ2n) is 9.73. The normalized spacial score (nSPS) is 28.3. The zero-order chi connectivity index (χ0) is 25.0. The van der Waals surface area contributed by atoms with Gasteiger partial charge >= 0.3 is 5.97 Å². The van der Waals surface area contributed by atoms with Crippen molar-refractivity contribution in [2.45, 2.75) is 39.6 Å². The topological polar surface area (TPSA) is 105 Å². The third kappa shape index (κ3) is 5.04. The molecule has 2 unspecified atom stereocenters. The molecule has 4 atom stereocenters. The Morgan fingerprint density at radius 2 is 2.23 bits per heavy atom. The molecule has 0 spiro atoms. The summed E-state index contributed by atoms with van der Waals surface area (Å²) in [6.07, 6.45) is 5.18. The van der Waals surface area contributed by atoms with Crippen molar-refractivity contribution in [1.29, 1.82) is 0 Å². The van der Waals surface area contributed by atoms with Crippen LogP contribution in [0.25, 0.3) is 6.08 Å². The Bertz CT molecular complexity index is 1210. The number of hydrogen-bond donors (Lipinski definition) is 3. The van der Waals surface area contributed by atoms with Crippen LogP contribution in [0.4, 0.5) is 10.1 Å². The molecule has 0 amide bonds. The Hall–Kier alpha value is -1.86. The van der Waals surface area contributed by atoms with Crippen LogP contribution >= 0.6 is 22.6 Å². The number of nitrogens with zero attached hydrogens (tertiary/aromatic N) is 1. The van der Waals surface area contributed by atoms with Gasteiger partial charge in [0.1, 0.15) is 40.8 Å². The Kier molecular flexibility index (Phi) is 6.54. The molecule has 186 valence electrons. The molecule has 0 aromatic heterocycles.